The molecule has 0 saturated carbocycles. The second kappa shape index (κ2) is 8.59. The number of ether oxygens (including phenoxy) is 1. The number of benzene rings is 3. The van der Waals surface area contributed by atoms with Crippen LogP contribution in [-0.4, -0.2) is 17.5 Å². The number of anilines is 1. The number of amides is 1. The normalized spacial score (nSPS) is 10.9. The third-order valence-electron chi connectivity index (χ3n) is 4.78. The van der Waals surface area contributed by atoms with Crippen LogP contribution in [0.1, 0.15) is 18.1 Å². The van der Waals surface area contributed by atoms with Gasteiger partial charge < -0.3 is 14.5 Å². The zero-order chi connectivity index (χ0) is 21.1. The number of fused-ring (bicyclic) bond motifs is 1. The molecule has 3 aromatic carbocycles. The van der Waals surface area contributed by atoms with Crippen molar-refractivity contribution in [1.82, 2.24) is 4.98 Å². The monoisotopic (exact) mass is 420 g/mol. The fourth-order valence-corrected chi connectivity index (χ4v) is 3.35. The minimum absolute atomic E-state index is 0.103. The Balaban J connectivity index is 1.44. The van der Waals surface area contributed by atoms with Gasteiger partial charge in [0.1, 0.15) is 11.3 Å². The van der Waals surface area contributed by atoms with Crippen LogP contribution in [0.3, 0.4) is 0 Å². The number of oxazole rings is 1. The summed E-state index contributed by atoms with van der Waals surface area (Å²) >= 11 is 5.94. The number of carbonyl (C=O) groups is 1. The number of hydrogen-bond acceptors (Lipinski definition) is 4. The van der Waals surface area contributed by atoms with Crippen molar-refractivity contribution in [3.8, 4) is 17.2 Å². The number of halogens is 1. The number of aromatic nitrogens is 1. The van der Waals surface area contributed by atoms with Crippen molar-refractivity contribution < 1.29 is 13.9 Å². The molecule has 0 aliphatic rings. The van der Waals surface area contributed by atoms with Gasteiger partial charge in [-0.25, -0.2) is 4.98 Å². The Morgan fingerprint density at radius 3 is 2.63 bits per heavy atom. The topological polar surface area (TPSA) is 64.4 Å². The van der Waals surface area contributed by atoms with Gasteiger partial charge in [-0.1, -0.05) is 30.7 Å². The van der Waals surface area contributed by atoms with Crippen LogP contribution < -0.4 is 10.1 Å². The van der Waals surface area contributed by atoms with Gasteiger partial charge in [-0.15, -0.1) is 0 Å². The third kappa shape index (κ3) is 4.47. The summed E-state index contributed by atoms with van der Waals surface area (Å²) < 4.78 is 11.4. The first-order valence-electron chi connectivity index (χ1n) is 9.70. The lowest BCUT2D eigenvalue weighted by Crippen LogP contribution is -2.20. The molecule has 1 N–H and O–H groups in total. The van der Waals surface area contributed by atoms with E-state index in [4.69, 9.17) is 20.8 Å². The molecule has 1 aromatic heterocycles. The van der Waals surface area contributed by atoms with Crippen LogP contribution in [0.2, 0.25) is 5.02 Å². The van der Waals surface area contributed by atoms with E-state index >= 15 is 0 Å². The van der Waals surface area contributed by atoms with Gasteiger partial charge in [-0.3, -0.25) is 4.79 Å². The van der Waals surface area contributed by atoms with Crippen molar-refractivity contribution in [1.29, 1.82) is 0 Å². The highest BCUT2D eigenvalue weighted by atomic mass is 35.5. The summed E-state index contributed by atoms with van der Waals surface area (Å²) in [5, 5.41) is 3.46. The highest BCUT2D eigenvalue weighted by molar-refractivity contribution is 6.30. The maximum Gasteiger partial charge on any atom is 0.262 e. The van der Waals surface area contributed by atoms with E-state index in [1.165, 1.54) is 5.56 Å². The molecule has 0 bridgehead atoms. The lowest BCUT2D eigenvalue weighted by molar-refractivity contribution is -0.118. The second-order valence-electron chi connectivity index (χ2n) is 7.00. The molecular formula is C24H21ClN2O3. The SMILES string of the molecule is CCc1ccc(-c2nc3cc(NC(=O)COc4ccc(Cl)cc4C)ccc3o2)cc1. The predicted molar refractivity (Wildman–Crippen MR) is 119 cm³/mol. The van der Waals surface area contributed by atoms with Gasteiger partial charge in [-0.05, 0) is 73.0 Å². The van der Waals surface area contributed by atoms with Crippen LogP contribution in [0.25, 0.3) is 22.6 Å². The van der Waals surface area contributed by atoms with E-state index < -0.39 is 0 Å². The van der Waals surface area contributed by atoms with Crippen LogP contribution in [0.15, 0.2) is 65.1 Å². The predicted octanol–water partition coefficient (Wildman–Crippen LogP) is 6.04. The molecule has 0 aliphatic carbocycles. The molecule has 0 unspecified atom stereocenters. The van der Waals surface area contributed by atoms with Crippen molar-refractivity contribution in [3.63, 3.8) is 0 Å². The summed E-state index contributed by atoms with van der Waals surface area (Å²) in [5.41, 5.74) is 5.02. The van der Waals surface area contributed by atoms with Crippen molar-refractivity contribution in [2.75, 3.05) is 11.9 Å². The number of rotatable bonds is 6. The van der Waals surface area contributed by atoms with E-state index in [2.05, 4.69) is 29.4 Å². The molecule has 0 atom stereocenters. The smallest absolute Gasteiger partial charge is 0.262 e. The van der Waals surface area contributed by atoms with Gasteiger partial charge in [0.25, 0.3) is 5.91 Å². The fourth-order valence-electron chi connectivity index (χ4n) is 3.13. The highest BCUT2D eigenvalue weighted by Crippen LogP contribution is 2.27. The molecule has 1 amide bonds. The van der Waals surface area contributed by atoms with Crippen LogP contribution in [0, 0.1) is 6.92 Å². The maximum absolute atomic E-state index is 12.3. The van der Waals surface area contributed by atoms with Gasteiger partial charge in [0.05, 0.1) is 0 Å². The summed E-state index contributed by atoms with van der Waals surface area (Å²) in [6.07, 6.45) is 0.984. The van der Waals surface area contributed by atoms with Crippen molar-refractivity contribution in [2.45, 2.75) is 20.3 Å². The lowest BCUT2D eigenvalue weighted by Gasteiger charge is -2.09. The molecule has 4 rings (SSSR count). The third-order valence-corrected chi connectivity index (χ3v) is 5.01. The van der Waals surface area contributed by atoms with Crippen LogP contribution in [-0.2, 0) is 11.2 Å². The average Bonchev–Trinajstić information content (AvgIpc) is 3.16. The first-order valence-corrected chi connectivity index (χ1v) is 10.1. The van der Waals surface area contributed by atoms with Gasteiger partial charge in [0, 0.05) is 16.3 Å². The Bertz CT molecular complexity index is 1200. The Hall–Kier alpha value is -3.31. The molecule has 6 heteroatoms. The molecule has 0 spiro atoms. The van der Waals surface area contributed by atoms with E-state index in [1.807, 2.05) is 19.1 Å². The summed E-state index contributed by atoms with van der Waals surface area (Å²) in [7, 11) is 0. The largest absolute Gasteiger partial charge is 0.483 e. The lowest BCUT2D eigenvalue weighted by atomic mass is 10.1. The van der Waals surface area contributed by atoms with Gasteiger partial charge in [-0.2, -0.15) is 0 Å². The Kier molecular flexibility index (Phi) is 5.72. The summed E-state index contributed by atoms with van der Waals surface area (Å²) in [6, 6.07) is 18.8. The zero-order valence-electron chi connectivity index (χ0n) is 16.7. The molecule has 0 fully saturated rings. The summed E-state index contributed by atoms with van der Waals surface area (Å²) in [4.78, 5) is 16.8. The fraction of sp³-hybridized carbons (Fsp3) is 0.167. The molecule has 1 heterocycles. The number of nitrogens with zero attached hydrogens (tertiary/aromatic N) is 1. The molecule has 0 saturated heterocycles. The highest BCUT2D eigenvalue weighted by Gasteiger charge is 2.11. The first kappa shape index (κ1) is 20.0. The van der Waals surface area contributed by atoms with E-state index in [0.717, 1.165) is 17.5 Å². The van der Waals surface area contributed by atoms with E-state index in [-0.39, 0.29) is 12.5 Å². The number of carbonyl (C=O) groups excluding carboxylic acids is 1. The molecule has 30 heavy (non-hydrogen) atoms. The van der Waals surface area contributed by atoms with Gasteiger partial charge >= 0.3 is 0 Å². The minimum Gasteiger partial charge on any atom is -0.483 e. The van der Waals surface area contributed by atoms with Crippen molar-refractivity contribution in [2.24, 2.45) is 0 Å². The number of nitrogens with one attached hydrogen (secondary N) is 1. The van der Waals surface area contributed by atoms with Gasteiger partial charge in [0.2, 0.25) is 5.89 Å². The Labute approximate surface area is 179 Å². The van der Waals surface area contributed by atoms with Crippen molar-refractivity contribution >= 4 is 34.3 Å². The Morgan fingerprint density at radius 2 is 1.90 bits per heavy atom. The molecule has 0 aliphatic heterocycles. The van der Waals surface area contributed by atoms with Crippen LogP contribution in [0.4, 0.5) is 5.69 Å². The zero-order valence-corrected chi connectivity index (χ0v) is 17.5. The average molecular weight is 421 g/mol. The van der Waals surface area contributed by atoms with Gasteiger partial charge in [0.15, 0.2) is 12.2 Å². The van der Waals surface area contributed by atoms with Crippen molar-refractivity contribution in [3.05, 3.63) is 76.8 Å². The van der Waals surface area contributed by atoms with E-state index in [9.17, 15) is 4.79 Å². The standard InChI is InChI=1S/C24H21ClN2O3/c1-3-16-4-6-17(7-5-16)24-27-20-13-19(9-11-22(20)30-24)26-23(28)14-29-21-10-8-18(25)12-15(21)2/h4-13H,3,14H2,1-2H3,(H,26,28). The quantitative estimate of drug-likeness (QED) is 0.413. The molecule has 152 valence electrons. The maximum atomic E-state index is 12.3. The number of aryl methyl sites for hydroxylation is 2. The molecule has 5 nitrogen and oxygen atoms in total. The van der Waals surface area contributed by atoms with Crippen LogP contribution >= 0.6 is 11.6 Å². The summed E-state index contributed by atoms with van der Waals surface area (Å²) in [5.74, 6) is 0.917. The Morgan fingerprint density at radius 1 is 1.10 bits per heavy atom. The second-order valence-corrected chi connectivity index (χ2v) is 7.44. The number of hydrogen-bond donors (Lipinski definition) is 1. The molecule has 4 aromatic rings. The first-order chi connectivity index (χ1) is 14.5. The van der Waals surface area contributed by atoms with Crippen LogP contribution in [0.5, 0.6) is 5.75 Å². The van der Waals surface area contributed by atoms with E-state index in [0.29, 0.717) is 33.4 Å². The molecule has 0 radical (unpaired) electrons. The minimum atomic E-state index is -0.262. The van der Waals surface area contributed by atoms with E-state index in [1.54, 1.807) is 36.4 Å². The molecular weight excluding hydrogens is 400 g/mol. The summed E-state index contributed by atoms with van der Waals surface area (Å²) in [6.45, 7) is 3.89.